The van der Waals surface area contributed by atoms with E-state index in [1.54, 1.807) is 11.1 Å². The third-order valence-corrected chi connectivity index (χ3v) is 4.62. The van der Waals surface area contributed by atoms with E-state index in [0.717, 1.165) is 18.4 Å². The predicted octanol–water partition coefficient (Wildman–Crippen LogP) is 2.19. The van der Waals surface area contributed by atoms with Gasteiger partial charge in [0.1, 0.15) is 0 Å². The Hall–Kier alpha value is -2.08. The molecule has 0 radical (unpaired) electrons. The first kappa shape index (κ1) is 16.8. The van der Waals surface area contributed by atoms with Crippen LogP contribution in [0.15, 0.2) is 18.2 Å². The summed E-state index contributed by atoms with van der Waals surface area (Å²) in [6.07, 6.45) is 1.79. The van der Waals surface area contributed by atoms with E-state index in [0.29, 0.717) is 30.9 Å². The van der Waals surface area contributed by atoms with Gasteiger partial charge in [-0.25, -0.2) is 4.79 Å². The molecule has 0 bridgehead atoms. The monoisotopic (exact) mass is 331 g/mol. The van der Waals surface area contributed by atoms with Gasteiger partial charge in [-0.15, -0.1) is 5.06 Å². The van der Waals surface area contributed by atoms with Crippen LogP contribution in [-0.4, -0.2) is 41.0 Å². The van der Waals surface area contributed by atoms with Crippen molar-refractivity contribution >= 4 is 17.6 Å². The molecule has 6 heteroatoms. The number of hydrogen-bond donors (Lipinski definition) is 1. The van der Waals surface area contributed by atoms with Gasteiger partial charge in [0.2, 0.25) is 0 Å². The molecule has 1 atom stereocenters. The summed E-state index contributed by atoms with van der Waals surface area (Å²) in [5.41, 5.74) is 7.56. The van der Waals surface area contributed by atoms with E-state index in [9.17, 15) is 9.59 Å². The average Bonchev–Trinajstić information content (AvgIpc) is 2.85. The van der Waals surface area contributed by atoms with Crippen molar-refractivity contribution in [2.75, 3.05) is 18.8 Å². The van der Waals surface area contributed by atoms with E-state index in [-0.39, 0.29) is 17.9 Å². The Balaban J connectivity index is 1.69. The summed E-state index contributed by atoms with van der Waals surface area (Å²) in [7, 11) is 0. The average molecular weight is 331 g/mol. The highest BCUT2D eigenvalue weighted by Crippen LogP contribution is 2.31. The maximum atomic E-state index is 12.7. The lowest BCUT2D eigenvalue weighted by atomic mass is 9.98. The van der Waals surface area contributed by atoms with Crippen molar-refractivity contribution < 1.29 is 14.4 Å². The third-order valence-electron chi connectivity index (χ3n) is 4.62. The van der Waals surface area contributed by atoms with Crippen LogP contribution >= 0.6 is 0 Å². The van der Waals surface area contributed by atoms with Crippen LogP contribution in [0.5, 0.6) is 0 Å². The molecule has 24 heavy (non-hydrogen) atoms. The molecule has 2 aliphatic rings. The normalized spacial score (nSPS) is 21.7. The van der Waals surface area contributed by atoms with Crippen molar-refractivity contribution in [1.82, 2.24) is 9.96 Å². The van der Waals surface area contributed by atoms with E-state index in [1.807, 2.05) is 37.8 Å². The second kappa shape index (κ2) is 6.09. The van der Waals surface area contributed by atoms with Crippen LogP contribution in [0.1, 0.15) is 49.5 Å². The molecule has 0 saturated carbocycles. The van der Waals surface area contributed by atoms with E-state index in [2.05, 4.69) is 0 Å². The highest BCUT2D eigenvalue weighted by atomic mass is 16.7. The van der Waals surface area contributed by atoms with Gasteiger partial charge in [-0.3, -0.25) is 4.79 Å². The van der Waals surface area contributed by atoms with Gasteiger partial charge in [0.05, 0.1) is 17.5 Å². The van der Waals surface area contributed by atoms with Crippen molar-refractivity contribution in [3.8, 4) is 0 Å². The first-order valence-electron chi connectivity index (χ1n) is 8.43. The minimum Gasteiger partial charge on any atom is -0.398 e. The number of nitrogens with zero attached hydrogens (tertiary/aromatic N) is 2. The molecule has 2 heterocycles. The summed E-state index contributed by atoms with van der Waals surface area (Å²) < 4.78 is 0. The van der Waals surface area contributed by atoms with E-state index in [1.165, 1.54) is 0 Å². The minimum absolute atomic E-state index is 0.0166. The van der Waals surface area contributed by atoms with Gasteiger partial charge in [-0.2, -0.15) is 0 Å². The molecule has 6 nitrogen and oxygen atoms in total. The number of benzene rings is 1. The van der Waals surface area contributed by atoms with Crippen LogP contribution in [0.4, 0.5) is 5.69 Å². The van der Waals surface area contributed by atoms with Gasteiger partial charge < -0.3 is 15.5 Å². The fourth-order valence-corrected chi connectivity index (χ4v) is 3.22. The Morgan fingerprint density at radius 2 is 2.08 bits per heavy atom. The maximum Gasteiger partial charge on any atom is 0.330 e. The molecule has 1 saturated heterocycles. The molecule has 1 aromatic carbocycles. The van der Waals surface area contributed by atoms with Crippen molar-refractivity contribution in [3.05, 3.63) is 29.3 Å². The van der Waals surface area contributed by atoms with E-state index < -0.39 is 5.41 Å². The van der Waals surface area contributed by atoms with Gasteiger partial charge in [0, 0.05) is 24.8 Å². The van der Waals surface area contributed by atoms with Crippen LogP contribution in [0, 0.1) is 5.41 Å². The van der Waals surface area contributed by atoms with Gasteiger partial charge >= 0.3 is 5.97 Å². The molecule has 130 valence electrons. The molecule has 2 N–H and O–H groups in total. The van der Waals surface area contributed by atoms with Crippen LogP contribution in [0.2, 0.25) is 0 Å². The minimum atomic E-state index is -0.541. The fraction of sp³-hybridized carbons (Fsp3) is 0.556. The molecule has 0 spiro atoms. The van der Waals surface area contributed by atoms with Crippen LogP contribution in [0.25, 0.3) is 0 Å². The Bertz CT molecular complexity index is 666. The topological polar surface area (TPSA) is 75.9 Å². The number of anilines is 1. The van der Waals surface area contributed by atoms with Gasteiger partial charge in [0.15, 0.2) is 0 Å². The van der Waals surface area contributed by atoms with Crippen molar-refractivity contribution in [2.45, 2.75) is 46.2 Å². The summed E-state index contributed by atoms with van der Waals surface area (Å²) in [5, 5.41) is 1.70. The quantitative estimate of drug-likeness (QED) is 0.841. The van der Waals surface area contributed by atoms with Crippen molar-refractivity contribution in [3.63, 3.8) is 0 Å². The Kier molecular flexibility index (Phi) is 4.25. The van der Waals surface area contributed by atoms with E-state index in [4.69, 9.17) is 10.6 Å². The lowest BCUT2D eigenvalue weighted by Gasteiger charge is -2.37. The van der Waals surface area contributed by atoms with Crippen molar-refractivity contribution in [2.24, 2.45) is 5.41 Å². The standard InChI is InChI=1S/C18H25N3O3/c1-18(2,3)17(23)24-20-9-5-7-13(11-20)21-10-12-6-4-8-14(19)15(12)16(21)22/h4,6,8,13H,5,7,9-11,19H2,1-3H3. The summed E-state index contributed by atoms with van der Waals surface area (Å²) in [4.78, 5) is 32.2. The zero-order valence-electron chi connectivity index (χ0n) is 14.5. The number of carbonyl (C=O) groups excluding carboxylic acids is 2. The molecule has 1 fully saturated rings. The largest absolute Gasteiger partial charge is 0.398 e. The molecule has 2 aliphatic heterocycles. The molecule has 3 rings (SSSR count). The van der Waals surface area contributed by atoms with Crippen LogP contribution < -0.4 is 5.73 Å². The second-order valence-corrected chi connectivity index (χ2v) is 7.63. The molecule has 0 aromatic heterocycles. The number of piperidine rings is 1. The number of nitrogen functional groups attached to an aromatic ring is 1. The summed E-state index contributed by atoms with van der Waals surface area (Å²) >= 11 is 0. The smallest absolute Gasteiger partial charge is 0.330 e. The third kappa shape index (κ3) is 3.11. The van der Waals surface area contributed by atoms with Gasteiger partial charge in [0.25, 0.3) is 5.91 Å². The number of hydroxylamine groups is 2. The van der Waals surface area contributed by atoms with Crippen LogP contribution in [0.3, 0.4) is 0 Å². The molecule has 1 aromatic rings. The lowest BCUT2D eigenvalue weighted by Crippen LogP contribution is -2.49. The van der Waals surface area contributed by atoms with Gasteiger partial charge in [-0.05, 0) is 45.2 Å². The number of nitrogens with two attached hydrogens (primary N) is 1. The highest BCUT2D eigenvalue weighted by molar-refractivity contribution is 6.03. The molecular weight excluding hydrogens is 306 g/mol. The number of carbonyl (C=O) groups is 2. The molecule has 0 aliphatic carbocycles. The Morgan fingerprint density at radius 1 is 1.33 bits per heavy atom. The van der Waals surface area contributed by atoms with Crippen LogP contribution in [-0.2, 0) is 16.2 Å². The molecular formula is C18H25N3O3. The first-order chi connectivity index (χ1) is 11.3. The molecule has 1 unspecified atom stereocenters. The maximum absolute atomic E-state index is 12.7. The fourth-order valence-electron chi connectivity index (χ4n) is 3.22. The molecule has 1 amide bonds. The number of hydrogen-bond acceptors (Lipinski definition) is 5. The zero-order valence-corrected chi connectivity index (χ0v) is 14.5. The summed E-state index contributed by atoms with van der Waals surface area (Å²) in [5.74, 6) is -0.263. The number of amides is 1. The van der Waals surface area contributed by atoms with Crippen molar-refractivity contribution in [1.29, 1.82) is 0 Å². The Labute approximate surface area is 142 Å². The number of fused-ring (bicyclic) bond motifs is 1. The highest BCUT2D eigenvalue weighted by Gasteiger charge is 2.37. The second-order valence-electron chi connectivity index (χ2n) is 7.63. The zero-order chi connectivity index (χ0) is 17.5. The predicted molar refractivity (Wildman–Crippen MR) is 90.9 cm³/mol. The first-order valence-corrected chi connectivity index (χ1v) is 8.43. The Morgan fingerprint density at radius 3 is 2.75 bits per heavy atom. The summed E-state index contributed by atoms with van der Waals surface area (Å²) in [6.45, 7) is 7.32. The number of rotatable bonds is 2. The SMILES string of the molecule is CC(C)(C)C(=O)ON1CCCC(N2Cc3cccc(N)c3C2=O)C1. The lowest BCUT2D eigenvalue weighted by molar-refractivity contribution is -0.207. The summed E-state index contributed by atoms with van der Waals surface area (Å²) in [6, 6.07) is 5.62. The van der Waals surface area contributed by atoms with E-state index >= 15 is 0 Å². The van der Waals surface area contributed by atoms with Gasteiger partial charge in [-0.1, -0.05) is 12.1 Å².